The van der Waals surface area contributed by atoms with Gasteiger partial charge in [0.25, 0.3) is 15.9 Å². The summed E-state index contributed by atoms with van der Waals surface area (Å²) >= 11 is 0. The third kappa shape index (κ3) is 5.35. The number of fused-ring (bicyclic) bond motifs is 6. The van der Waals surface area contributed by atoms with Crippen molar-refractivity contribution >= 4 is 27.6 Å². The van der Waals surface area contributed by atoms with E-state index in [-0.39, 0.29) is 11.1 Å². The maximum absolute atomic E-state index is 13.6. The summed E-state index contributed by atoms with van der Waals surface area (Å²) in [5.74, 6) is 1.39. The third-order valence-corrected chi connectivity index (χ3v) is 11.3. The molecule has 2 saturated carbocycles. The molecular weight excluding hydrogens is 582 g/mol. The number of aromatic hydroxyl groups is 1. The van der Waals surface area contributed by atoms with Gasteiger partial charge in [-0.05, 0) is 107 Å². The van der Waals surface area contributed by atoms with Crippen LogP contribution in [0.5, 0.6) is 11.6 Å². The first-order valence-corrected chi connectivity index (χ1v) is 17.0. The highest BCUT2D eigenvalue weighted by molar-refractivity contribution is 7.90. The van der Waals surface area contributed by atoms with Crippen LogP contribution in [0.3, 0.4) is 0 Å². The van der Waals surface area contributed by atoms with E-state index in [1.165, 1.54) is 37.8 Å². The normalized spacial score (nSPS) is 24.7. The van der Waals surface area contributed by atoms with E-state index >= 15 is 0 Å². The Morgan fingerprint density at radius 2 is 1.93 bits per heavy atom. The van der Waals surface area contributed by atoms with Crippen LogP contribution in [-0.2, 0) is 10.0 Å². The van der Waals surface area contributed by atoms with Gasteiger partial charge < -0.3 is 20.1 Å². The van der Waals surface area contributed by atoms with Crippen molar-refractivity contribution in [2.45, 2.75) is 75.8 Å². The smallest absolute Gasteiger partial charge is 0.285 e. The second-order valence-corrected chi connectivity index (χ2v) is 15.0. The maximum atomic E-state index is 13.6. The highest BCUT2D eigenvalue weighted by Gasteiger charge is 2.54. The van der Waals surface area contributed by atoms with Crippen LogP contribution in [0.25, 0.3) is 5.82 Å². The van der Waals surface area contributed by atoms with Crippen LogP contribution < -0.4 is 19.7 Å². The number of sulfonamides is 1. The Balaban J connectivity index is 1.19. The summed E-state index contributed by atoms with van der Waals surface area (Å²) in [6.07, 6.45) is 10.9. The Bertz CT molecular complexity index is 1700. The number of nitrogens with zero attached hydrogens (tertiary/aromatic N) is 5. The minimum atomic E-state index is -4.50. The van der Waals surface area contributed by atoms with Gasteiger partial charge in [-0.15, -0.1) is 5.10 Å². The summed E-state index contributed by atoms with van der Waals surface area (Å²) < 4.78 is 36.2. The van der Waals surface area contributed by atoms with Crippen molar-refractivity contribution < 1.29 is 23.1 Å². The van der Waals surface area contributed by atoms with Gasteiger partial charge in [-0.3, -0.25) is 4.79 Å². The van der Waals surface area contributed by atoms with E-state index < -0.39 is 26.7 Å². The molecule has 1 unspecified atom stereocenters. The molecule has 2 atom stereocenters. The van der Waals surface area contributed by atoms with E-state index in [2.05, 4.69) is 38.9 Å². The molecule has 1 amide bonds. The van der Waals surface area contributed by atoms with E-state index in [4.69, 9.17) is 9.72 Å². The number of pyridine rings is 2. The number of nitrogens with one attached hydrogen (secondary N) is 2. The van der Waals surface area contributed by atoms with Gasteiger partial charge in [0.05, 0.1) is 12.2 Å². The van der Waals surface area contributed by atoms with Crippen molar-refractivity contribution in [3.05, 3.63) is 42.1 Å². The number of amides is 1. The molecule has 12 nitrogen and oxygen atoms in total. The van der Waals surface area contributed by atoms with E-state index in [1.54, 1.807) is 29.1 Å². The van der Waals surface area contributed by atoms with Crippen LogP contribution in [0.15, 0.2) is 41.6 Å². The molecule has 1 spiro atoms. The summed E-state index contributed by atoms with van der Waals surface area (Å²) in [6.45, 7) is 6.11. The molecule has 234 valence electrons. The molecule has 0 radical (unpaired) electrons. The van der Waals surface area contributed by atoms with E-state index in [1.807, 2.05) is 0 Å². The van der Waals surface area contributed by atoms with Gasteiger partial charge in [0.2, 0.25) is 10.9 Å². The van der Waals surface area contributed by atoms with Crippen LogP contribution in [0.2, 0.25) is 0 Å². The van der Waals surface area contributed by atoms with Gasteiger partial charge in [-0.1, -0.05) is 0 Å². The molecule has 7 rings (SSSR count). The zero-order valence-electron chi connectivity index (χ0n) is 25.1. The molecule has 4 aliphatic rings. The Kier molecular flexibility index (Phi) is 6.98. The lowest BCUT2D eigenvalue weighted by Gasteiger charge is -2.37. The zero-order chi connectivity index (χ0) is 30.7. The molecule has 44 heavy (non-hydrogen) atoms. The summed E-state index contributed by atoms with van der Waals surface area (Å²) in [4.78, 5) is 24.7. The second-order valence-electron chi connectivity index (χ2n) is 13.4. The van der Waals surface area contributed by atoms with Crippen molar-refractivity contribution in [1.82, 2.24) is 24.5 Å². The van der Waals surface area contributed by atoms with Crippen molar-refractivity contribution in [3.8, 4) is 17.4 Å². The predicted octanol–water partition coefficient (Wildman–Crippen LogP) is 4.26. The average molecular weight is 622 g/mol. The highest BCUT2D eigenvalue weighted by atomic mass is 32.2. The molecule has 13 heteroatoms. The SMILES string of the molecule is CC1(C)C[C@@H]2CCCNc3ccc(O)c(n3)S(=O)(=O)NC(=O)c3ccc(-n4ccc(OCCC5CCC56CC6)n4)nc3N1C2. The summed E-state index contributed by atoms with van der Waals surface area (Å²) in [7, 11) is -4.50. The van der Waals surface area contributed by atoms with E-state index in [0.29, 0.717) is 54.4 Å². The first kappa shape index (κ1) is 28.9. The number of carbonyl (C=O) groups is 1. The average Bonchev–Trinajstić information content (AvgIpc) is 3.59. The van der Waals surface area contributed by atoms with Crippen LogP contribution in [0.1, 0.15) is 75.6 Å². The minimum absolute atomic E-state index is 0.104. The van der Waals surface area contributed by atoms with Gasteiger partial charge >= 0.3 is 0 Å². The summed E-state index contributed by atoms with van der Waals surface area (Å²) in [6, 6.07) is 7.79. The molecule has 3 fully saturated rings. The number of hydrogen-bond acceptors (Lipinski definition) is 10. The number of rotatable bonds is 5. The lowest BCUT2D eigenvalue weighted by Crippen LogP contribution is -2.41. The quantitative estimate of drug-likeness (QED) is 0.377. The minimum Gasteiger partial charge on any atom is -0.505 e. The van der Waals surface area contributed by atoms with Crippen LogP contribution >= 0.6 is 0 Å². The summed E-state index contributed by atoms with van der Waals surface area (Å²) in [5.41, 5.74) is 0.387. The molecule has 0 aromatic carbocycles. The number of anilines is 2. The van der Waals surface area contributed by atoms with Gasteiger partial charge in [0.15, 0.2) is 11.6 Å². The Morgan fingerprint density at radius 1 is 1.09 bits per heavy atom. The second kappa shape index (κ2) is 10.6. The number of aromatic nitrogens is 4. The van der Waals surface area contributed by atoms with E-state index in [9.17, 15) is 18.3 Å². The Morgan fingerprint density at radius 3 is 2.70 bits per heavy atom. The van der Waals surface area contributed by atoms with Gasteiger partial charge in [0, 0.05) is 30.9 Å². The van der Waals surface area contributed by atoms with Crippen molar-refractivity contribution in [1.29, 1.82) is 0 Å². The molecule has 4 bridgehead atoms. The maximum Gasteiger partial charge on any atom is 0.285 e. The number of hydrogen-bond donors (Lipinski definition) is 3. The molecule has 1 saturated heterocycles. The number of ether oxygens (including phenoxy) is 1. The van der Waals surface area contributed by atoms with Crippen molar-refractivity contribution in [2.24, 2.45) is 17.3 Å². The molecule has 2 aliphatic heterocycles. The molecule has 2 aliphatic carbocycles. The lowest BCUT2D eigenvalue weighted by molar-refractivity contribution is 0.0981. The molecule has 3 aromatic heterocycles. The Labute approximate surface area is 257 Å². The first-order chi connectivity index (χ1) is 21.0. The van der Waals surface area contributed by atoms with Crippen LogP contribution in [-0.4, -0.2) is 64.4 Å². The van der Waals surface area contributed by atoms with Crippen LogP contribution in [0.4, 0.5) is 11.6 Å². The zero-order valence-corrected chi connectivity index (χ0v) is 25.9. The molecule has 5 heterocycles. The Hall–Kier alpha value is -3.87. The van der Waals surface area contributed by atoms with Crippen LogP contribution in [0, 0.1) is 17.3 Å². The fourth-order valence-electron chi connectivity index (χ4n) is 7.31. The molecule has 3 aromatic rings. The predicted molar refractivity (Wildman–Crippen MR) is 164 cm³/mol. The number of carbonyl (C=O) groups excluding carboxylic acids is 1. The molecule has 3 N–H and O–H groups in total. The fraction of sp³-hybridized carbons (Fsp3) is 0.548. The lowest BCUT2D eigenvalue weighted by atomic mass is 9.69. The largest absolute Gasteiger partial charge is 0.505 e. The van der Waals surface area contributed by atoms with Gasteiger partial charge in [0.1, 0.15) is 11.6 Å². The van der Waals surface area contributed by atoms with E-state index in [0.717, 1.165) is 31.6 Å². The fourth-order valence-corrected chi connectivity index (χ4v) is 8.32. The first-order valence-electron chi connectivity index (χ1n) is 15.5. The van der Waals surface area contributed by atoms with Crippen molar-refractivity contribution in [2.75, 3.05) is 29.9 Å². The monoisotopic (exact) mass is 621 g/mol. The highest BCUT2D eigenvalue weighted by Crippen LogP contribution is 2.65. The van der Waals surface area contributed by atoms with Crippen molar-refractivity contribution in [3.63, 3.8) is 0 Å². The van der Waals surface area contributed by atoms with Gasteiger partial charge in [-0.25, -0.2) is 19.4 Å². The summed E-state index contributed by atoms with van der Waals surface area (Å²) in [5, 5.41) is 17.4. The third-order valence-electron chi connectivity index (χ3n) is 10.0. The van der Waals surface area contributed by atoms with Gasteiger partial charge in [-0.2, -0.15) is 8.42 Å². The standard InChI is InChI=1S/C31H39N7O5S/c1-30(2)18-20-4-3-15-32-24-7-6-23(39)29(33-24)44(41,42)36-28(40)22-5-8-25(34-27(22)37(30)19-20)38-16-10-26(35-38)43-17-11-21-9-12-31(21)13-14-31/h5-8,10,16,20-21,39H,3-4,9,11-15,17-19H2,1-2H3,(H,32,33)(H,36,40)/t20-,21?/m0/s1. The topological polar surface area (TPSA) is 152 Å². The molecular formula is C31H39N7O5S.